The number of ether oxygens (including phenoxy) is 1. The van der Waals surface area contributed by atoms with Crippen molar-refractivity contribution in [1.82, 2.24) is 5.32 Å². The van der Waals surface area contributed by atoms with Crippen molar-refractivity contribution in [3.05, 3.63) is 35.4 Å². The molecule has 0 saturated heterocycles. The van der Waals surface area contributed by atoms with Gasteiger partial charge in [0.25, 0.3) is 5.91 Å². The molecular weight excluding hydrogens is 264 g/mol. The van der Waals surface area contributed by atoms with E-state index in [1.165, 1.54) is 0 Å². The zero-order chi connectivity index (χ0) is 13.4. The van der Waals surface area contributed by atoms with Gasteiger partial charge in [0.05, 0.1) is 12.2 Å². The van der Waals surface area contributed by atoms with Crippen LogP contribution in [-0.2, 0) is 4.74 Å². The smallest absolute Gasteiger partial charge is 0.254 e. The second-order valence-electron chi connectivity index (χ2n) is 3.53. The Morgan fingerprint density at radius 1 is 1.33 bits per heavy atom. The summed E-state index contributed by atoms with van der Waals surface area (Å²) in [6.07, 6.45) is 0.583. The fraction of sp³-hybridized carbons (Fsp3) is 0.417. The molecule has 0 fully saturated rings. The van der Waals surface area contributed by atoms with Crippen LogP contribution in [0.3, 0.4) is 0 Å². The summed E-state index contributed by atoms with van der Waals surface area (Å²) in [7, 11) is 0. The molecule has 0 heterocycles. The molecule has 0 aromatic heterocycles. The SMILES string of the molecule is O=C(NCCCOCCCl)c1cc(F)ccc1F. The van der Waals surface area contributed by atoms with Gasteiger partial charge in [0.1, 0.15) is 11.6 Å². The number of alkyl halides is 1. The van der Waals surface area contributed by atoms with Crippen molar-refractivity contribution >= 4 is 17.5 Å². The molecule has 3 nitrogen and oxygen atoms in total. The van der Waals surface area contributed by atoms with Crippen molar-refractivity contribution < 1.29 is 18.3 Å². The van der Waals surface area contributed by atoms with Gasteiger partial charge in [0.15, 0.2) is 0 Å². The van der Waals surface area contributed by atoms with E-state index in [0.717, 1.165) is 18.2 Å². The van der Waals surface area contributed by atoms with Gasteiger partial charge in [-0.05, 0) is 24.6 Å². The lowest BCUT2D eigenvalue weighted by Gasteiger charge is -2.06. The first-order valence-electron chi connectivity index (χ1n) is 5.52. The molecular formula is C12H14ClF2NO2. The minimum atomic E-state index is -0.743. The van der Waals surface area contributed by atoms with Crippen molar-refractivity contribution in [3.63, 3.8) is 0 Å². The number of carbonyl (C=O) groups is 1. The maximum absolute atomic E-state index is 13.2. The number of benzene rings is 1. The predicted molar refractivity (Wildman–Crippen MR) is 64.8 cm³/mol. The van der Waals surface area contributed by atoms with E-state index in [0.29, 0.717) is 32.1 Å². The summed E-state index contributed by atoms with van der Waals surface area (Å²) >= 11 is 5.41. The Morgan fingerprint density at radius 3 is 2.83 bits per heavy atom. The molecule has 0 aliphatic rings. The van der Waals surface area contributed by atoms with Gasteiger partial charge in [0.2, 0.25) is 0 Å². The summed E-state index contributed by atoms with van der Waals surface area (Å²) < 4.78 is 31.2. The molecule has 1 amide bonds. The van der Waals surface area contributed by atoms with E-state index in [9.17, 15) is 13.6 Å². The molecule has 0 atom stereocenters. The summed E-state index contributed by atoms with van der Waals surface area (Å²) in [5.41, 5.74) is -0.295. The van der Waals surface area contributed by atoms with Crippen LogP contribution in [-0.4, -0.2) is 31.5 Å². The molecule has 0 saturated carbocycles. The summed E-state index contributed by atoms with van der Waals surface area (Å²) in [5, 5.41) is 2.49. The number of amides is 1. The van der Waals surface area contributed by atoms with E-state index in [1.807, 2.05) is 0 Å². The van der Waals surface area contributed by atoms with Crippen LogP contribution in [0.15, 0.2) is 18.2 Å². The Labute approximate surface area is 109 Å². The van der Waals surface area contributed by atoms with Crippen molar-refractivity contribution in [2.24, 2.45) is 0 Å². The summed E-state index contributed by atoms with van der Waals surface area (Å²) in [4.78, 5) is 11.5. The molecule has 0 bridgehead atoms. The average molecular weight is 278 g/mol. The lowest BCUT2D eigenvalue weighted by Crippen LogP contribution is -2.26. The van der Waals surface area contributed by atoms with E-state index in [1.54, 1.807) is 0 Å². The zero-order valence-corrected chi connectivity index (χ0v) is 10.5. The molecule has 18 heavy (non-hydrogen) atoms. The van der Waals surface area contributed by atoms with Gasteiger partial charge in [-0.2, -0.15) is 0 Å². The molecule has 0 aliphatic carbocycles. The normalized spacial score (nSPS) is 10.4. The standard InChI is InChI=1S/C12H14ClF2NO2/c13-4-7-18-6-1-5-16-12(17)10-8-9(14)2-3-11(10)15/h2-3,8H,1,4-7H2,(H,16,17). The molecule has 1 aromatic carbocycles. The lowest BCUT2D eigenvalue weighted by atomic mass is 10.2. The third-order valence-electron chi connectivity index (χ3n) is 2.15. The van der Waals surface area contributed by atoms with E-state index >= 15 is 0 Å². The quantitative estimate of drug-likeness (QED) is 0.614. The van der Waals surface area contributed by atoms with Gasteiger partial charge < -0.3 is 10.1 Å². The van der Waals surface area contributed by atoms with Crippen molar-refractivity contribution in [3.8, 4) is 0 Å². The minimum Gasteiger partial charge on any atom is -0.380 e. The van der Waals surface area contributed by atoms with Crippen molar-refractivity contribution in [2.45, 2.75) is 6.42 Å². The molecule has 0 unspecified atom stereocenters. The van der Waals surface area contributed by atoms with Gasteiger partial charge in [-0.25, -0.2) is 8.78 Å². The van der Waals surface area contributed by atoms with E-state index in [2.05, 4.69) is 5.32 Å². The van der Waals surface area contributed by atoms with Gasteiger partial charge in [-0.3, -0.25) is 4.79 Å². The van der Waals surface area contributed by atoms with Crippen LogP contribution in [0, 0.1) is 11.6 Å². The fourth-order valence-electron chi connectivity index (χ4n) is 1.30. The summed E-state index contributed by atoms with van der Waals surface area (Å²) in [6, 6.07) is 2.76. The Bertz CT molecular complexity index is 402. The minimum absolute atomic E-state index is 0.295. The van der Waals surface area contributed by atoms with Crippen LogP contribution in [0.25, 0.3) is 0 Å². The van der Waals surface area contributed by atoms with E-state index in [4.69, 9.17) is 16.3 Å². The average Bonchev–Trinajstić information content (AvgIpc) is 2.36. The second-order valence-corrected chi connectivity index (χ2v) is 3.91. The zero-order valence-electron chi connectivity index (χ0n) is 9.72. The maximum Gasteiger partial charge on any atom is 0.254 e. The number of hydrogen-bond acceptors (Lipinski definition) is 2. The van der Waals surface area contributed by atoms with Gasteiger partial charge >= 0.3 is 0 Å². The molecule has 1 rings (SSSR count). The van der Waals surface area contributed by atoms with Gasteiger partial charge in [0, 0.05) is 19.0 Å². The third-order valence-corrected chi connectivity index (χ3v) is 2.30. The van der Waals surface area contributed by atoms with Crippen LogP contribution < -0.4 is 5.32 Å². The van der Waals surface area contributed by atoms with Crippen molar-refractivity contribution in [1.29, 1.82) is 0 Å². The Balaban J connectivity index is 2.34. The summed E-state index contributed by atoms with van der Waals surface area (Å²) in [6.45, 7) is 1.24. The monoisotopic (exact) mass is 277 g/mol. The van der Waals surface area contributed by atoms with Crippen LogP contribution in [0.4, 0.5) is 8.78 Å². The van der Waals surface area contributed by atoms with Gasteiger partial charge in [-0.1, -0.05) is 0 Å². The largest absolute Gasteiger partial charge is 0.380 e. The van der Waals surface area contributed by atoms with Crippen LogP contribution in [0.1, 0.15) is 16.8 Å². The second kappa shape index (κ2) is 8.00. The highest BCUT2D eigenvalue weighted by Gasteiger charge is 2.11. The Morgan fingerprint density at radius 2 is 2.11 bits per heavy atom. The van der Waals surface area contributed by atoms with Crippen LogP contribution in [0.2, 0.25) is 0 Å². The Kier molecular flexibility index (Phi) is 6.60. The molecule has 100 valence electrons. The highest BCUT2D eigenvalue weighted by molar-refractivity contribution is 6.17. The third kappa shape index (κ3) is 4.98. The van der Waals surface area contributed by atoms with Gasteiger partial charge in [-0.15, -0.1) is 11.6 Å². The highest BCUT2D eigenvalue weighted by Crippen LogP contribution is 2.09. The first-order valence-corrected chi connectivity index (χ1v) is 6.05. The van der Waals surface area contributed by atoms with Crippen LogP contribution >= 0.6 is 11.6 Å². The predicted octanol–water partition coefficient (Wildman–Crippen LogP) is 2.34. The summed E-state index contributed by atoms with van der Waals surface area (Å²) in [5.74, 6) is -1.61. The topological polar surface area (TPSA) is 38.3 Å². The molecule has 6 heteroatoms. The highest BCUT2D eigenvalue weighted by atomic mass is 35.5. The fourth-order valence-corrected chi connectivity index (χ4v) is 1.41. The number of rotatable bonds is 7. The molecule has 1 aromatic rings. The first-order chi connectivity index (χ1) is 8.65. The number of nitrogens with one attached hydrogen (secondary N) is 1. The molecule has 1 N–H and O–H groups in total. The number of carbonyl (C=O) groups excluding carboxylic acids is 1. The molecule has 0 aliphatic heterocycles. The number of halogens is 3. The molecule has 0 radical (unpaired) electrons. The van der Waals surface area contributed by atoms with E-state index < -0.39 is 17.5 Å². The van der Waals surface area contributed by atoms with Crippen molar-refractivity contribution in [2.75, 3.05) is 25.6 Å². The number of hydrogen-bond donors (Lipinski definition) is 1. The molecule has 0 spiro atoms. The lowest BCUT2D eigenvalue weighted by molar-refractivity contribution is 0.0940. The van der Waals surface area contributed by atoms with Crippen LogP contribution in [0.5, 0.6) is 0 Å². The first kappa shape index (κ1) is 14.9. The maximum atomic E-state index is 13.2. The van der Waals surface area contributed by atoms with E-state index in [-0.39, 0.29) is 5.56 Å². The Hall–Kier alpha value is -1.20.